The Balaban J connectivity index is 0.000000494. The van der Waals surface area contributed by atoms with Crippen LogP contribution in [0.3, 0.4) is 0 Å². The van der Waals surface area contributed by atoms with Gasteiger partial charge in [-0.1, -0.05) is 18.2 Å². The summed E-state index contributed by atoms with van der Waals surface area (Å²) in [4.78, 5) is 32.4. The molecule has 0 spiro atoms. The molecular formula is C8H9F3NO5P. The number of hydrogen-bond donors (Lipinski definition) is 4. The van der Waals surface area contributed by atoms with Crippen molar-refractivity contribution in [2.24, 2.45) is 0 Å². The molecule has 0 fully saturated rings. The number of alkyl halides is 3. The van der Waals surface area contributed by atoms with Crippen LogP contribution in [0.1, 0.15) is 10.4 Å². The maximum atomic E-state index is 11.7. The van der Waals surface area contributed by atoms with Crippen LogP contribution in [0.15, 0.2) is 30.3 Å². The molecule has 4 N–H and O–H groups in total. The highest BCUT2D eigenvalue weighted by Gasteiger charge is 2.30. The number of carbonyl (C=O) groups excluding carboxylic acids is 1. The van der Waals surface area contributed by atoms with E-state index in [1.54, 1.807) is 6.07 Å². The van der Waals surface area contributed by atoms with E-state index in [0.29, 0.717) is 0 Å². The van der Waals surface area contributed by atoms with E-state index in [2.05, 4.69) is 0 Å². The highest BCUT2D eigenvalue weighted by molar-refractivity contribution is 7.45. The zero-order valence-corrected chi connectivity index (χ0v) is 9.52. The minimum absolute atomic E-state index is 0.0141. The lowest BCUT2D eigenvalue weighted by Crippen LogP contribution is -2.37. The average Bonchev–Trinajstić information content (AvgIpc) is 2.14. The van der Waals surface area contributed by atoms with Gasteiger partial charge >= 0.3 is 14.1 Å². The normalized spacial score (nSPS) is 11.2. The van der Waals surface area contributed by atoms with Crippen LogP contribution in [0.5, 0.6) is 0 Å². The van der Waals surface area contributed by atoms with E-state index in [-0.39, 0.29) is 5.56 Å². The van der Waals surface area contributed by atoms with Gasteiger partial charge in [0.25, 0.3) is 5.91 Å². The average molecular weight is 287 g/mol. The second-order valence-electron chi connectivity index (χ2n) is 2.83. The molecule has 0 bridgehead atoms. The van der Waals surface area contributed by atoms with Gasteiger partial charge in [0.15, 0.2) is 0 Å². The van der Waals surface area contributed by atoms with Crippen LogP contribution in [0, 0.1) is 0 Å². The number of benzene rings is 1. The van der Waals surface area contributed by atoms with Crippen molar-refractivity contribution in [2.45, 2.75) is 6.30 Å². The van der Waals surface area contributed by atoms with Crippen molar-refractivity contribution in [1.29, 1.82) is 0 Å². The van der Waals surface area contributed by atoms with E-state index < -0.39 is 20.0 Å². The van der Waals surface area contributed by atoms with Gasteiger partial charge in [0.1, 0.15) is 0 Å². The lowest BCUT2D eigenvalue weighted by Gasteiger charge is -2.07. The summed E-state index contributed by atoms with van der Waals surface area (Å²) in [7, 11) is -4.64. The molecule has 0 aliphatic carbocycles. The topological polar surface area (TPSA) is 107 Å². The molecule has 0 heterocycles. The molecule has 6 nitrogen and oxygen atoms in total. The Morgan fingerprint density at radius 2 is 1.50 bits per heavy atom. The molecule has 0 saturated carbocycles. The highest BCUT2D eigenvalue weighted by Crippen LogP contribution is 2.25. The first-order valence-electron chi connectivity index (χ1n) is 4.21. The summed E-state index contributed by atoms with van der Waals surface area (Å²) >= 11 is 0. The molecule has 0 aliphatic rings. The molecule has 1 amide bonds. The lowest BCUT2D eigenvalue weighted by atomic mass is 10.2. The predicted molar refractivity (Wildman–Crippen MR) is 54.2 cm³/mol. The van der Waals surface area contributed by atoms with Crippen molar-refractivity contribution in [3.05, 3.63) is 35.9 Å². The number of rotatable bonds is 1. The van der Waals surface area contributed by atoms with Crippen molar-refractivity contribution in [3.8, 4) is 0 Å². The fourth-order valence-corrected chi connectivity index (χ4v) is 0.790. The fraction of sp³-hybridized carbons (Fsp3) is 0.125. The molecule has 1 rings (SSSR count). The Labute approximate surface area is 99.3 Å². The van der Waals surface area contributed by atoms with Crippen LogP contribution in [-0.2, 0) is 4.57 Å². The minimum Gasteiger partial charge on any atom is -0.303 e. The summed E-state index contributed by atoms with van der Waals surface area (Å²) in [5.41, 5.74) is -0.0141. The van der Waals surface area contributed by atoms with Crippen molar-refractivity contribution in [1.82, 2.24) is 5.32 Å². The van der Waals surface area contributed by atoms with E-state index in [1.807, 2.05) is 0 Å². The predicted octanol–water partition coefficient (Wildman–Crippen LogP) is 1.01. The summed E-state index contributed by atoms with van der Waals surface area (Å²) in [6.07, 6.45) is -4.67. The van der Waals surface area contributed by atoms with Gasteiger partial charge in [-0.15, -0.1) is 0 Å². The monoisotopic (exact) mass is 287 g/mol. The Bertz CT molecular complexity index is 422. The highest BCUT2D eigenvalue weighted by atomic mass is 31.2. The standard InChI is InChI=1S/C8H6F3NO.H3O4P/c9-8(10,11)12-7(13)6-4-2-1-3-5-6;1-5(2,3)4/h1-5H,(H,12,13);(H3,1,2,3,4). The van der Waals surface area contributed by atoms with Crippen LogP contribution in [-0.4, -0.2) is 26.9 Å². The van der Waals surface area contributed by atoms with Gasteiger partial charge < -0.3 is 14.7 Å². The molecule has 18 heavy (non-hydrogen) atoms. The molecule has 0 aromatic heterocycles. The van der Waals surface area contributed by atoms with Crippen LogP contribution in [0.4, 0.5) is 13.2 Å². The number of halogens is 3. The third-order valence-electron chi connectivity index (χ3n) is 1.29. The molecular weight excluding hydrogens is 278 g/mol. The SMILES string of the molecule is O=C(NC(F)(F)F)c1ccccc1.O=P(O)(O)O. The largest absolute Gasteiger partial charge is 0.484 e. The molecule has 0 atom stereocenters. The van der Waals surface area contributed by atoms with Crippen LogP contribution < -0.4 is 5.32 Å². The molecule has 0 saturated heterocycles. The number of nitrogens with one attached hydrogen (secondary N) is 1. The molecule has 0 aliphatic heterocycles. The van der Waals surface area contributed by atoms with E-state index in [4.69, 9.17) is 19.2 Å². The third-order valence-corrected chi connectivity index (χ3v) is 1.29. The Kier molecular flexibility index (Phi) is 5.99. The van der Waals surface area contributed by atoms with E-state index in [0.717, 1.165) is 5.32 Å². The van der Waals surface area contributed by atoms with Gasteiger partial charge in [-0.05, 0) is 12.1 Å². The van der Waals surface area contributed by atoms with Crippen LogP contribution >= 0.6 is 7.82 Å². The molecule has 0 radical (unpaired) electrons. The Hall–Kier alpha value is -1.41. The molecule has 10 heteroatoms. The lowest BCUT2D eigenvalue weighted by molar-refractivity contribution is -0.146. The van der Waals surface area contributed by atoms with Crippen LogP contribution in [0.25, 0.3) is 0 Å². The number of hydrogen-bond acceptors (Lipinski definition) is 2. The van der Waals surface area contributed by atoms with Gasteiger partial charge in [-0.2, -0.15) is 13.2 Å². The summed E-state index contributed by atoms with van der Waals surface area (Å²) in [5.74, 6) is -1.15. The molecule has 1 aromatic rings. The van der Waals surface area contributed by atoms with E-state index >= 15 is 0 Å². The molecule has 0 unspecified atom stereocenters. The zero-order valence-electron chi connectivity index (χ0n) is 8.63. The quantitative estimate of drug-likeness (QED) is 0.455. The smallest absolute Gasteiger partial charge is 0.303 e. The minimum atomic E-state index is -4.67. The van der Waals surface area contributed by atoms with Crippen molar-refractivity contribution >= 4 is 13.7 Å². The van der Waals surface area contributed by atoms with Crippen molar-refractivity contribution < 1.29 is 37.2 Å². The summed E-state index contributed by atoms with van der Waals surface area (Å²) in [6, 6.07) is 7.21. The van der Waals surface area contributed by atoms with Crippen molar-refractivity contribution in [2.75, 3.05) is 0 Å². The summed E-state index contributed by atoms with van der Waals surface area (Å²) in [6.45, 7) is 0. The third kappa shape index (κ3) is 11.1. The first kappa shape index (κ1) is 16.6. The van der Waals surface area contributed by atoms with E-state index in [9.17, 15) is 18.0 Å². The van der Waals surface area contributed by atoms with Crippen molar-refractivity contribution in [3.63, 3.8) is 0 Å². The van der Waals surface area contributed by atoms with Gasteiger partial charge in [-0.25, -0.2) is 4.57 Å². The second-order valence-corrected chi connectivity index (χ2v) is 3.86. The summed E-state index contributed by atoms with van der Waals surface area (Å²) < 4.78 is 43.9. The van der Waals surface area contributed by atoms with Gasteiger partial charge in [0, 0.05) is 5.56 Å². The number of carbonyl (C=O) groups is 1. The zero-order chi connectivity index (χ0) is 14.4. The second kappa shape index (κ2) is 6.50. The molecule has 1 aromatic carbocycles. The Morgan fingerprint density at radius 3 is 1.83 bits per heavy atom. The fourth-order valence-electron chi connectivity index (χ4n) is 0.790. The number of phosphoric acid groups is 1. The maximum Gasteiger partial charge on any atom is 0.484 e. The number of amides is 1. The Morgan fingerprint density at radius 1 is 1.11 bits per heavy atom. The van der Waals surface area contributed by atoms with Crippen LogP contribution in [0.2, 0.25) is 0 Å². The first-order chi connectivity index (χ1) is 7.99. The first-order valence-corrected chi connectivity index (χ1v) is 5.78. The maximum absolute atomic E-state index is 11.7. The molecule has 102 valence electrons. The van der Waals surface area contributed by atoms with Gasteiger partial charge in [-0.3, -0.25) is 10.1 Å². The summed E-state index contributed by atoms with van der Waals surface area (Å²) in [5, 5.41) is 0.896. The van der Waals surface area contributed by atoms with E-state index in [1.165, 1.54) is 24.3 Å². The van der Waals surface area contributed by atoms with Gasteiger partial charge in [0.05, 0.1) is 0 Å². The van der Waals surface area contributed by atoms with Gasteiger partial charge in [0.2, 0.25) is 0 Å².